The molecule has 0 bridgehead atoms. The van der Waals surface area contributed by atoms with Gasteiger partial charge in [0, 0.05) is 12.8 Å². The van der Waals surface area contributed by atoms with Gasteiger partial charge in [0.25, 0.3) is 0 Å². The Morgan fingerprint density at radius 1 is 0.301 bits per heavy atom. The van der Waals surface area contributed by atoms with E-state index in [0.29, 0.717) is 25.9 Å². The second kappa shape index (κ2) is 82.8. The minimum Gasteiger partial charge on any atom is -0.466 e. The molecule has 0 aromatic carbocycles. The van der Waals surface area contributed by atoms with Crippen molar-refractivity contribution in [2.24, 2.45) is 0 Å². The molecule has 0 aliphatic rings. The van der Waals surface area contributed by atoms with E-state index in [1.54, 1.807) is 0 Å². The van der Waals surface area contributed by atoms with Crippen LogP contribution in [0.15, 0.2) is 24.3 Å². The summed E-state index contributed by atoms with van der Waals surface area (Å²) in [7, 11) is 0. The predicted molar refractivity (Wildman–Crippen MR) is 412 cm³/mol. The maximum Gasteiger partial charge on any atom is 0.305 e. The highest BCUT2D eigenvalue weighted by molar-refractivity contribution is 5.76. The second-order valence-corrected chi connectivity index (χ2v) is 29.9. The van der Waals surface area contributed by atoms with Gasteiger partial charge in [-0.15, -0.1) is 0 Å². The van der Waals surface area contributed by atoms with E-state index in [9.17, 15) is 19.8 Å². The highest BCUT2D eigenvalue weighted by atomic mass is 16.5. The van der Waals surface area contributed by atoms with Gasteiger partial charge in [-0.25, -0.2) is 0 Å². The summed E-state index contributed by atoms with van der Waals surface area (Å²) in [4.78, 5) is 24.7. The summed E-state index contributed by atoms with van der Waals surface area (Å²) in [5, 5.41) is 23.5. The van der Waals surface area contributed by atoms with Crippen LogP contribution in [0.5, 0.6) is 0 Å². The summed E-state index contributed by atoms with van der Waals surface area (Å²) < 4.78 is 5.52. The largest absolute Gasteiger partial charge is 0.466 e. The third-order valence-corrected chi connectivity index (χ3v) is 20.5. The van der Waals surface area contributed by atoms with Crippen LogP contribution >= 0.6 is 0 Å². The molecule has 552 valence electrons. The van der Waals surface area contributed by atoms with Gasteiger partial charge in [-0.3, -0.25) is 9.59 Å². The quantitative estimate of drug-likeness (QED) is 0.0320. The molecule has 0 rings (SSSR count). The normalized spacial score (nSPS) is 12.5. The van der Waals surface area contributed by atoms with Gasteiger partial charge in [-0.2, -0.15) is 0 Å². The van der Waals surface area contributed by atoms with Gasteiger partial charge < -0.3 is 20.3 Å². The van der Waals surface area contributed by atoms with Crippen LogP contribution in [-0.4, -0.2) is 47.4 Å². The molecule has 93 heavy (non-hydrogen) atoms. The molecule has 6 heteroatoms. The summed E-state index contributed by atoms with van der Waals surface area (Å²) in [5.74, 6) is -0.00653. The number of carbonyl (C=O) groups is 2. The van der Waals surface area contributed by atoms with Crippen LogP contribution < -0.4 is 5.32 Å². The van der Waals surface area contributed by atoms with E-state index in [-0.39, 0.29) is 18.5 Å². The first-order valence-corrected chi connectivity index (χ1v) is 43.1. The molecule has 0 aromatic rings. The Labute approximate surface area is 583 Å². The molecule has 3 N–H and O–H groups in total. The predicted octanol–water partition coefficient (Wildman–Crippen LogP) is 28.8. The van der Waals surface area contributed by atoms with Crippen molar-refractivity contribution in [2.45, 2.75) is 508 Å². The van der Waals surface area contributed by atoms with E-state index in [1.807, 2.05) is 0 Å². The lowest BCUT2D eigenvalue weighted by molar-refractivity contribution is -0.143. The Kier molecular flexibility index (Phi) is 81.3. The van der Waals surface area contributed by atoms with Gasteiger partial charge in [-0.1, -0.05) is 449 Å². The fraction of sp³-hybridized carbons (Fsp3) is 0.931. The summed E-state index contributed by atoms with van der Waals surface area (Å²) >= 11 is 0. The molecule has 2 atom stereocenters. The zero-order valence-corrected chi connectivity index (χ0v) is 63.5. The monoisotopic (exact) mass is 1310 g/mol. The summed E-state index contributed by atoms with van der Waals surface area (Å²) in [6.45, 7) is 5.02. The van der Waals surface area contributed by atoms with Crippen LogP contribution in [-0.2, 0) is 14.3 Å². The minimum atomic E-state index is -0.665. The summed E-state index contributed by atoms with van der Waals surface area (Å²) in [5.41, 5.74) is 0. The van der Waals surface area contributed by atoms with Crippen molar-refractivity contribution < 1.29 is 24.5 Å². The van der Waals surface area contributed by atoms with Crippen LogP contribution in [0.4, 0.5) is 0 Å². The van der Waals surface area contributed by atoms with Crippen molar-refractivity contribution in [3.63, 3.8) is 0 Å². The lowest BCUT2D eigenvalue weighted by Gasteiger charge is -2.22. The van der Waals surface area contributed by atoms with E-state index >= 15 is 0 Å². The zero-order chi connectivity index (χ0) is 67.0. The van der Waals surface area contributed by atoms with E-state index in [0.717, 1.165) is 44.9 Å². The van der Waals surface area contributed by atoms with Gasteiger partial charge in [0.1, 0.15) is 0 Å². The van der Waals surface area contributed by atoms with Crippen LogP contribution in [0.3, 0.4) is 0 Å². The average Bonchev–Trinajstić information content (AvgIpc) is 3.78. The van der Waals surface area contributed by atoms with Gasteiger partial charge in [0.2, 0.25) is 5.91 Å². The van der Waals surface area contributed by atoms with Crippen molar-refractivity contribution in [1.29, 1.82) is 0 Å². The number of esters is 1. The Hall–Kier alpha value is -1.66. The third kappa shape index (κ3) is 79.2. The average molecular weight is 1310 g/mol. The number of allylic oxidation sites excluding steroid dienone is 4. The topological polar surface area (TPSA) is 95.9 Å². The van der Waals surface area contributed by atoms with Crippen LogP contribution in [0.1, 0.15) is 495 Å². The first kappa shape index (κ1) is 91.3. The third-order valence-electron chi connectivity index (χ3n) is 20.5. The fourth-order valence-electron chi connectivity index (χ4n) is 14.0. The number of aliphatic hydroxyl groups is 2. The van der Waals surface area contributed by atoms with Crippen LogP contribution in [0, 0.1) is 0 Å². The van der Waals surface area contributed by atoms with E-state index in [4.69, 9.17) is 4.74 Å². The molecule has 0 fully saturated rings. The number of ether oxygens (including phenoxy) is 1. The fourth-order valence-corrected chi connectivity index (χ4v) is 14.0. The molecule has 0 aromatic heterocycles. The van der Waals surface area contributed by atoms with Crippen molar-refractivity contribution in [3.8, 4) is 0 Å². The molecule has 0 radical (unpaired) electrons. The van der Waals surface area contributed by atoms with E-state index in [2.05, 4.69) is 43.5 Å². The number of hydrogen-bond acceptors (Lipinski definition) is 5. The number of amides is 1. The van der Waals surface area contributed by atoms with Crippen molar-refractivity contribution in [1.82, 2.24) is 5.32 Å². The SMILES string of the molecule is CCCCCCCCCCCCCCCCCCCCCCCCCCC(O)C(CO)NC(=O)CCCCCCCCCCCCCCCCCCC/C=C\C/C=C\CCCCCCCCCCCOC(=O)CCCCCCCCCCCCCCCCCCCCC. The van der Waals surface area contributed by atoms with E-state index in [1.165, 1.54) is 417 Å². The van der Waals surface area contributed by atoms with Crippen molar-refractivity contribution >= 4 is 11.9 Å². The minimum absolute atomic E-state index is 0.0204. The molecule has 0 saturated carbocycles. The summed E-state index contributed by atoms with van der Waals surface area (Å²) in [6.07, 6.45) is 107. The van der Waals surface area contributed by atoms with Gasteiger partial charge >= 0.3 is 5.97 Å². The molecule has 0 saturated heterocycles. The van der Waals surface area contributed by atoms with Gasteiger partial charge in [0.15, 0.2) is 0 Å². The zero-order valence-electron chi connectivity index (χ0n) is 63.5. The molecule has 0 aliphatic heterocycles. The Morgan fingerprint density at radius 3 is 0.817 bits per heavy atom. The standard InChI is InChI=1S/C87H169NO5/c1-3-5-7-9-11-13-15-17-19-21-23-24-25-37-40-44-47-51-55-59-63-67-71-75-79-85(90)84(83-89)88-86(91)80-76-72-68-64-60-56-52-48-45-41-38-35-33-31-29-27-26-28-30-32-34-36-39-42-46-50-54-58-62-66-70-74-78-82-93-87(92)81-77-73-69-65-61-57-53-49-43-22-20-18-16-14-12-10-8-6-4-2/h30,32,36,39,84-85,89-90H,3-29,31,33-35,37-38,40-83H2,1-2H3,(H,88,91)/b32-30-,39-36-. The highest BCUT2D eigenvalue weighted by Gasteiger charge is 2.20. The van der Waals surface area contributed by atoms with Crippen LogP contribution in [0.25, 0.3) is 0 Å². The first-order valence-electron chi connectivity index (χ1n) is 43.1. The number of rotatable bonds is 82. The number of unbranched alkanes of at least 4 members (excludes halogenated alkanes) is 67. The maximum absolute atomic E-state index is 12.6. The lowest BCUT2D eigenvalue weighted by atomic mass is 10.0. The Morgan fingerprint density at radius 2 is 0.538 bits per heavy atom. The second-order valence-electron chi connectivity index (χ2n) is 29.9. The molecule has 2 unspecified atom stereocenters. The van der Waals surface area contributed by atoms with Crippen molar-refractivity contribution in [2.75, 3.05) is 13.2 Å². The molecule has 1 amide bonds. The number of carbonyl (C=O) groups excluding carboxylic acids is 2. The first-order chi connectivity index (χ1) is 46.0. The number of hydrogen-bond donors (Lipinski definition) is 3. The Balaban J connectivity index is 3.36. The molecular weight excluding hydrogens is 1140 g/mol. The Bertz CT molecular complexity index is 1460. The maximum atomic E-state index is 12.6. The molecular formula is C87H169NO5. The van der Waals surface area contributed by atoms with Gasteiger partial charge in [-0.05, 0) is 57.8 Å². The number of aliphatic hydroxyl groups excluding tert-OH is 2. The van der Waals surface area contributed by atoms with Crippen LogP contribution in [0.2, 0.25) is 0 Å². The lowest BCUT2D eigenvalue weighted by Crippen LogP contribution is -2.45. The molecule has 6 nitrogen and oxygen atoms in total. The molecule has 0 aliphatic carbocycles. The molecule has 0 spiro atoms. The number of nitrogens with one attached hydrogen (secondary N) is 1. The van der Waals surface area contributed by atoms with E-state index < -0.39 is 12.1 Å². The van der Waals surface area contributed by atoms with Gasteiger partial charge in [0.05, 0.1) is 25.4 Å². The smallest absolute Gasteiger partial charge is 0.305 e. The highest BCUT2D eigenvalue weighted by Crippen LogP contribution is 2.21. The summed E-state index contributed by atoms with van der Waals surface area (Å²) in [6, 6.07) is -0.542. The molecule has 0 heterocycles. The van der Waals surface area contributed by atoms with Crippen molar-refractivity contribution in [3.05, 3.63) is 24.3 Å².